The molecule has 0 aliphatic carbocycles. The topological polar surface area (TPSA) is 29.3 Å². The third kappa shape index (κ3) is 3.56. The molecule has 0 bridgehead atoms. The molecule has 1 aliphatic heterocycles. The summed E-state index contributed by atoms with van der Waals surface area (Å²) in [5.74, 6) is 0.769. The third-order valence-corrected chi connectivity index (χ3v) is 4.01. The van der Waals surface area contributed by atoms with E-state index >= 15 is 0 Å². The number of benzene rings is 1. The highest BCUT2D eigenvalue weighted by Gasteiger charge is 2.19. The summed E-state index contributed by atoms with van der Waals surface area (Å²) in [6.45, 7) is 6.81. The van der Waals surface area contributed by atoms with E-state index in [1.54, 1.807) is 0 Å². The van der Waals surface area contributed by atoms with E-state index in [0.29, 0.717) is 0 Å². The lowest BCUT2D eigenvalue weighted by Gasteiger charge is -2.32. The van der Waals surface area contributed by atoms with Gasteiger partial charge in [0.05, 0.1) is 0 Å². The summed E-state index contributed by atoms with van der Waals surface area (Å²) in [4.78, 5) is 2.60. The van der Waals surface area contributed by atoms with Crippen LogP contribution in [0.5, 0.6) is 0 Å². The Morgan fingerprint density at radius 3 is 2.44 bits per heavy atom. The molecule has 0 aromatic heterocycles. The lowest BCUT2D eigenvalue weighted by atomic mass is 9.89. The van der Waals surface area contributed by atoms with Crippen molar-refractivity contribution in [2.45, 2.75) is 38.5 Å². The van der Waals surface area contributed by atoms with Crippen LogP contribution in [0.3, 0.4) is 0 Å². The molecule has 2 N–H and O–H groups in total. The summed E-state index contributed by atoms with van der Waals surface area (Å²) in [6.07, 6.45) is 4.90. The molecule has 2 nitrogen and oxygen atoms in total. The number of likely N-dealkylation sites (tertiary alicyclic amines) is 1. The minimum atomic E-state index is 0. The Kier molecular flexibility index (Phi) is 5.21. The zero-order valence-electron chi connectivity index (χ0n) is 11.6. The first kappa shape index (κ1) is 13.6. The quantitative estimate of drug-likeness (QED) is 0.868. The van der Waals surface area contributed by atoms with Gasteiger partial charge < -0.3 is 10.6 Å². The summed E-state index contributed by atoms with van der Waals surface area (Å²) in [5.41, 5.74) is 8.47. The number of nitrogens with two attached hydrogens (primary N) is 1. The molecule has 1 fully saturated rings. The molecule has 0 spiro atoms. The second kappa shape index (κ2) is 6.91. The molecule has 0 atom stereocenters. The van der Waals surface area contributed by atoms with Crippen LogP contribution in [0.15, 0.2) is 24.3 Å². The highest BCUT2D eigenvalue weighted by Crippen LogP contribution is 2.28. The summed E-state index contributed by atoms with van der Waals surface area (Å²) in [5, 5.41) is 0. The zero-order valence-corrected chi connectivity index (χ0v) is 11.6. The molecular weight excluding hydrogens is 220 g/mol. The number of hydrogen-bond donors (Lipinski definition) is 1. The van der Waals surface area contributed by atoms with E-state index in [4.69, 9.17) is 5.73 Å². The monoisotopic (exact) mass is 248 g/mol. The minimum absolute atomic E-state index is 0. The Labute approximate surface area is 113 Å². The van der Waals surface area contributed by atoms with Crippen molar-refractivity contribution in [3.63, 3.8) is 0 Å². The zero-order chi connectivity index (χ0) is 12.8. The van der Waals surface area contributed by atoms with E-state index in [-0.39, 0.29) is 1.43 Å². The van der Waals surface area contributed by atoms with Crippen LogP contribution in [0, 0.1) is 0 Å². The lowest BCUT2D eigenvalue weighted by molar-refractivity contribution is 0.213. The average molecular weight is 248 g/mol. The number of hydrogen-bond acceptors (Lipinski definition) is 2. The highest BCUT2D eigenvalue weighted by molar-refractivity contribution is 5.26. The summed E-state index contributed by atoms with van der Waals surface area (Å²) >= 11 is 0. The predicted molar refractivity (Wildman–Crippen MR) is 80.0 cm³/mol. The summed E-state index contributed by atoms with van der Waals surface area (Å²) < 4.78 is 0. The molecule has 1 aromatic rings. The van der Waals surface area contributed by atoms with Gasteiger partial charge in [-0.2, -0.15) is 0 Å². The molecular formula is C16H28N2. The molecule has 0 saturated carbocycles. The number of piperidine rings is 1. The second-order valence-electron chi connectivity index (χ2n) is 5.40. The summed E-state index contributed by atoms with van der Waals surface area (Å²) in [6, 6.07) is 9.12. The van der Waals surface area contributed by atoms with Crippen LogP contribution in [-0.2, 0) is 6.42 Å². The van der Waals surface area contributed by atoms with Crippen molar-refractivity contribution in [2.75, 3.05) is 26.2 Å². The van der Waals surface area contributed by atoms with Crippen molar-refractivity contribution in [1.29, 1.82) is 0 Å². The van der Waals surface area contributed by atoms with Crippen LogP contribution >= 0.6 is 0 Å². The molecule has 2 heteroatoms. The van der Waals surface area contributed by atoms with Crippen LogP contribution in [0.4, 0.5) is 0 Å². The first-order chi connectivity index (χ1) is 8.83. The fourth-order valence-electron chi connectivity index (χ4n) is 2.93. The van der Waals surface area contributed by atoms with Crippen molar-refractivity contribution in [3.05, 3.63) is 35.4 Å². The Bertz CT molecular complexity index is 342. The van der Waals surface area contributed by atoms with Gasteiger partial charge in [-0.3, -0.25) is 0 Å². The van der Waals surface area contributed by atoms with Crippen LogP contribution < -0.4 is 5.73 Å². The van der Waals surface area contributed by atoms with Gasteiger partial charge in [-0.15, -0.1) is 0 Å². The molecule has 1 aliphatic rings. The van der Waals surface area contributed by atoms with E-state index in [1.807, 2.05) is 0 Å². The third-order valence-electron chi connectivity index (χ3n) is 4.01. The molecule has 2 rings (SSSR count). The SMILES string of the molecule is CCCN1CCC(c2ccc(CCN)cc2)CC1.[HH]. The van der Waals surface area contributed by atoms with Gasteiger partial charge in [-0.1, -0.05) is 31.2 Å². The molecule has 0 amide bonds. The van der Waals surface area contributed by atoms with Crippen LogP contribution in [0.25, 0.3) is 0 Å². The lowest BCUT2D eigenvalue weighted by Crippen LogP contribution is -2.33. The van der Waals surface area contributed by atoms with Gasteiger partial charge in [-0.25, -0.2) is 0 Å². The Morgan fingerprint density at radius 2 is 1.89 bits per heavy atom. The molecule has 0 radical (unpaired) electrons. The van der Waals surface area contributed by atoms with Crippen molar-refractivity contribution < 1.29 is 1.43 Å². The fourth-order valence-corrected chi connectivity index (χ4v) is 2.93. The van der Waals surface area contributed by atoms with Crippen molar-refractivity contribution in [3.8, 4) is 0 Å². The fraction of sp³-hybridized carbons (Fsp3) is 0.625. The van der Waals surface area contributed by atoms with E-state index in [9.17, 15) is 0 Å². The van der Waals surface area contributed by atoms with E-state index < -0.39 is 0 Å². The molecule has 1 saturated heterocycles. The maximum absolute atomic E-state index is 5.58. The van der Waals surface area contributed by atoms with Crippen molar-refractivity contribution >= 4 is 0 Å². The Morgan fingerprint density at radius 1 is 1.22 bits per heavy atom. The smallest absolute Gasteiger partial charge is 0 e. The molecule has 18 heavy (non-hydrogen) atoms. The maximum Gasteiger partial charge on any atom is 0 e. The van der Waals surface area contributed by atoms with Gasteiger partial charge >= 0.3 is 0 Å². The van der Waals surface area contributed by atoms with Crippen LogP contribution in [-0.4, -0.2) is 31.1 Å². The van der Waals surface area contributed by atoms with Crippen molar-refractivity contribution in [1.82, 2.24) is 4.90 Å². The van der Waals surface area contributed by atoms with Crippen LogP contribution in [0.1, 0.15) is 44.7 Å². The Hall–Kier alpha value is -0.860. The molecule has 0 unspecified atom stereocenters. The minimum Gasteiger partial charge on any atom is -0.330 e. The second-order valence-corrected chi connectivity index (χ2v) is 5.40. The van der Waals surface area contributed by atoms with Crippen molar-refractivity contribution in [2.24, 2.45) is 5.73 Å². The van der Waals surface area contributed by atoms with Gasteiger partial charge in [0, 0.05) is 1.43 Å². The van der Waals surface area contributed by atoms with Gasteiger partial charge in [-0.05, 0) is 68.9 Å². The van der Waals surface area contributed by atoms with E-state index in [1.165, 1.54) is 50.0 Å². The van der Waals surface area contributed by atoms with E-state index in [2.05, 4.69) is 36.1 Å². The van der Waals surface area contributed by atoms with Gasteiger partial charge in [0.2, 0.25) is 0 Å². The van der Waals surface area contributed by atoms with Gasteiger partial charge in [0.15, 0.2) is 0 Å². The maximum atomic E-state index is 5.58. The van der Waals surface area contributed by atoms with Gasteiger partial charge in [0.1, 0.15) is 0 Å². The number of rotatable bonds is 5. The summed E-state index contributed by atoms with van der Waals surface area (Å²) in [7, 11) is 0. The molecule has 1 heterocycles. The highest BCUT2D eigenvalue weighted by atomic mass is 15.1. The predicted octanol–water partition coefficient (Wildman–Crippen LogP) is 3.02. The normalized spacial score (nSPS) is 18.1. The van der Waals surface area contributed by atoms with Crippen LogP contribution in [0.2, 0.25) is 0 Å². The van der Waals surface area contributed by atoms with Gasteiger partial charge in [0.25, 0.3) is 0 Å². The standard InChI is InChI=1S/C16H26N2.H2/c1-2-11-18-12-8-16(9-13-18)15-5-3-14(4-6-15)7-10-17;/h3-6,16H,2,7-13,17H2,1H3;1H. The largest absolute Gasteiger partial charge is 0.330 e. The first-order valence-electron chi connectivity index (χ1n) is 7.34. The average Bonchev–Trinajstić information content (AvgIpc) is 2.41. The first-order valence-corrected chi connectivity index (χ1v) is 7.34. The van der Waals surface area contributed by atoms with E-state index in [0.717, 1.165) is 18.9 Å². The molecule has 1 aromatic carbocycles. The number of nitrogens with zero attached hydrogens (tertiary/aromatic N) is 1. The molecule has 102 valence electrons. The Balaban J connectivity index is 0.00000180.